The number of nitrogens with zero attached hydrogens (tertiary/aromatic N) is 2. The van der Waals surface area contributed by atoms with E-state index in [1.165, 1.54) is 0 Å². The van der Waals surface area contributed by atoms with Gasteiger partial charge in [-0.3, -0.25) is 9.59 Å². The van der Waals surface area contributed by atoms with Gasteiger partial charge in [0, 0.05) is 36.5 Å². The summed E-state index contributed by atoms with van der Waals surface area (Å²) < 4.78 is 11.9. The number of H-pyrrole nitrogens is 1. The molecule has 1 aromatic heterocycles. The molecule has 2 amide bonds. The summed E-state index contributed by atoms with van der Waals surface area (Å²) >= 11 is 0. The number of ether oxygens (including phenoxy) is 2. The first-order valence-electron chi connectivity index (χ1n) is 13.1. The van der Waals surface area contributed by atoms with E-state index in [1.54, 1.807) is 9.80 Å². The molecule has 3 heterocycles. The van der Waals surface area contributed by atoms with Crippen molar-refractivity contribution in [2.24, 2.45) is 0 Å². The van der Waals surface area contributed by atoms with E-state index < -0.39 is 5.54 Å². The third-order valence-corrected chi connectivity index (χ3v) is 7.54. The van der Waals surface area contributed by atoms with Gasteiger partial charge in [-0.15, -0.1) is 0 Å². The number of aromatic amines is 1. The maximum atomic E-state index is 13.9. The Morgan fingerprint density at radius 1 is 1.11 bits per heavy atom. The number of carbonyl (C=O) groups excluding carboxylic acids is 2. The second-order valence-corrected chi connectivity index (χ2v) is 9.88. The van der Waals surface area contributed by atoms with Crippen LogP contribution in [0.3, 0.4) is 0 Å². The largest absolute Gasteiger partial charge is 0.490 e. The lowest BCUT2D eigenvalue weighted by atomic mass is 9.76. The number of fused-ring (bicyclic) bond motifs is 5. The minimum Gasteiger partial charge on any atom is -0.490 e. The number of rotatable bonds is 9. The molecule has 8 heteroatoms. The van der Waals surface area contributed by atoms with E-state index in [0.717, 1.165) is 34.1 Å². The number of hydrogen-bond donors (Lipinski definition) is 2. The first-order valence-corrected chi connectivity index (χ1v) is 13.1. The molecule has 0 unspecified atom stereocenters. The molecular formula is C29H35N3O5. The van der Waals surface area contributed by atoms with Crippen LogP contribution in [0.1, 0.15) is 56.4 Å². The zero-order valence-corrected chi connectivity index (χ0v) is 21.8. The van der Waals surface area contributed by atoms with Crippen molar-refractivity contribution in [3.63, 3.8) is 0 Å². The van der Waals surface area contributed by atoms with Crippen molar-refractivity contribution >= 4 is 22.7 Å². The fourth-order valence-corrected chi connectivity index (χ4v) is 5.76. The lowest BCUT2D eigenvalue weighted by molar-refractivity contribution is -0.166. The van der Waals surface area contributed by atoms with Crippen LogP contribution in [0.15, 0.2) is 42.5 Å². The van der Waals surface area contributed by atoms with Gasteiger partial charge >= 0.3 is 0 Å². The van der Waals surface area contributed by atoms with Gasteiger partial charge in [-0.1, -0.05) is 31.2 Å². The summed E-state index contributed by atoms with van der Waals surface area (Å²) in [5, 5.41) is 10.4. The third kappa shape index (κ3) is 4.13. The van der Waals surface area contributed by atoms with E-state index >= 15 is 0 Å². The number of benzene rings is 2. The van der Waals surface area contributed by atoms with Crippen molar-refractivity contribution in [1.29, 1.82) is 0 Å². The van der Waals surface area contributed by atoms with Gasteiger partial charge in [0.05, 0.1) is 25.5 Å². The summed E-state index contributed by atoms with van der Waals surface area (Å²) in [6.07, 6.45) is 1.33. The maximum absolute atomic E-state index is 13.9. The number of aliphatic hydroxyl groups excluding tert-OH is 1. The minimum absolute atomic E-state index is 0.0185. The van der Waals surface area contributed by atoms with Gasteiger partial charge in [0.2, 0.25) is 5.91 Å². The van der Waals surface area contributed by atoms with Gasteiger partial charge in [0.1, 0.15) is 0 Å². The van der Waals surface area contributed by atoms with Gasteiger partial charge < -0.3 is 29.4 Å². The molecule has 2 aromatic carbocycles. The molecular weight excluding hydrogens is 470 g/mol. The number of amides is 2. The molecule has 196 valence electrons. The molecule has 1 fully saturated rings. The van der Waals surface area contributed by atoms with Crippen LogP contribution >= 0.6 is 0 Å². The fourth-order valence-electron chi connectivity index (χ4n) is 5.76. The van der Waals surface area contributed by atoms with Gasteiger partial charge in [-0.25, -0.2) is 0 Å². The third-order valence-electron chi connectivity index (χ3n) is 7.54. The van der Waals surface area contributed by atoms with Crippen LogP contribution in [0.2, 0.25) is 0 Å². The molecule has 3 aromatic rings. The number of carbonyl (C=O) groups is 2. The highest BCUT2D eigenvalue weighted by Gasteiger charge is 2.56. The van der Waals surface area contributed by atoms with Crippen LogP contribution in [0.5, 0.6) is 11.5 Å². The van der Waals surface area contributed by atoms with E-state index in [0.29, 0.717) is 44.2 Å². The predicted octanol–water partition coefficient (Wildman–Crippen LogP) is 3.77. The Morgan fingerprint density at radius 2 is 1.92 bits per heavy atom. The van der Waals surface area contributed by atoms with Crippen molar-refractivity contribution in [3.8, 4) is 11.5 Å². The Morgan fingerprint density at radius 3 is 2.68 bits per heavy atom. The van der Waals surface area contributed by atoms with Gasteiger partial charge in [-0.05, 0) is 56.0 Å². The molecule has 0 radical (unpaired) electrons. The quantitative estimate of drug-likeness (QED) is 0.462. The van der Waals surface area contributed by atoms with E-state index in [-0.39, 0.29) is 30.9 Å². The molecule has 0 aliphatic carbocycles. The maximum Gasteiger partial charge on any atom is 0.254 e. The fraction of sp³-hybridized carbons (Fsp3) is 0.448. The predicted molar refractivity (Wildman–Crippen MR) is 141 cm³/mol. The zero-order chi connectivity index (χ0) is 26.2. The lowest BCUT2D eigenvalue weighted by Gasteiger charge is -2.51. The SMILES string of the molecule is CCCOc1ccc([C@H]2CN3C(=O)CN(CCCO)C(=O)[C@]3(C)c3[nH]c4ccccc4c32)cc1OCC. The molecule has 2 atom stereocenters. The van der Waals surface area contributed by atoms with Crippen LogP contribution < -0.4 is 9.47 Å². The first-order chi connectivity index (χ1) is 17.9. The van der Waals surface area contributed by atoms with Crippen LogP contribution in [0.4, 0.5) is 0 Å². The number of para-hydroxylation sites is 1. The highest BCUT2D eigenvalue weighted by atomic mass is 16.5. The van der Waals surface area contributed by atoms with E-state index in [9.17, 15) is 14.7 Å². The highest BCUT2D eigenvalue weighted by Crippen LogP contribution is 2.49. The van der Waals surface area contributed by atoms with Crippen molar-refractivity contribution in [3.05, 3.63) is 59.3 Å². The molecule has 37 heavy (non-hydrogen) atoms. The summed E-state index contributed by atoms with van der Waals surface area (Å²) in [6.45, 7) is 7.68. The zero-order valence-electron chi connectivity index (χ0n) is 21.8. The molecule has 8 nitrogen and oxygen atoms in total. The second kappa shape index (κ2) is 10.1. The molecule has 0 spiro atoms. The summed E-state index contributed by atoms with van der Waals surface area (Å²) in [7, 11) is 0. The van der Waals surface area contributed by atoms with E-state index in [4.69, 9.17) is 9.47 Å². The Hall–Kier alpha value is -3.52. The second-order valence-electron chi connectivity index (χ2n) is 9.88. The molecule has 2 aliphatic heterocycles. The van der Waals surface area contributed by atoms with E-state index in [1.807, 2.05) is 50.2 Å². The van der Waals surface area contributed by atoms with Crippen molar-refractivity contribution in [1.82, 2.24) is 14.8 Å². The molecule has 1 saturated heterocycles. The van der Waals surface area contributed by atoms with E-state index in [2.05, 4.69) is 18.0 Å². The number of piperazine rings is 1. The number of aromatic nitrogens is 1. The van der Waals surface area contributed by atoms with Crippen LogP contribution in [0, 0.1) is 0 Å². The Labute approximate surface area is 217 Å². The number of aliphatic hydroxyl groups is 1. The smallest absolute Gasteiger partial charge is 0.254 e. The summed E-state index contributed by atoms with van der Waals surface area (Å²) in [4.78, 5) is 34.2. The molecule has 0 bridgehead atoms. The summed E-state index contributed by atoms with van der Waals surface area (Å²) in [5.41, 5.74) is 2.57. The lowest BCUT2D eigenvalue weighted by Crippen LogP contribution is -2.67. The summed E-state index contributed by atoms with van der Waals surface area (Å²) in [6, 6.07) is 14.0. The summed E-state index contributed by atoms with van der Waals surface area (Å²) in [5.74, 6) is 1.02. The molecule has 2 N–H and O–H groups in total. The van der Waals surface area contributed by atoms with Gasteiger partial charge in [-0.2, -0.15) is 0 Å². The monoisotopic (exact) mass is 505 g/mol. The topological polar surface area (TPSA) is 95.1 Å². The average Bonchev–Trinajstić information content (AvgIpc) is 3.30. The standard InChI is InChI=1S/C29H35N3O5/c1-4-15-37-23-12-11-19(16-24(23)36-5-2)21-17-32-25(34)18-31(13-8-14-33)28(35)29(32,3)27-26(21)20-9-6-7-10-22(20)30-27/h6-7,9-12,16,21,30,33H,4-5,8,13-15,17-18H2,1-3H3/t21-,29+/m1/s1. The van der Waals surface area contributed by atoms with Gasteiger partial charge in [0.15, 0.2) is 17.0 Å². The highest BCUT2D eigenvalue weighted by molar-refractivity contribution is 6.01. The first kappa shape index (κ1) is 25.1. The van der Waals surface area contributed by atoms with Crippen molar-refractivity contribution in [2.75, 3.05) is 39.5 Å². The average molecular weight is 506 g/mol. The minimum atomic E-state index is -1.15. The number of hydrogen-bond acceptors (Lipinski definition) is 5. The van der Waals surface area contributed by atoms with Crippen molar-refractivity contribution < 1.29 is 24.2 Å². The van der Waals surface area contributed by atoms with Gasteiger partial charge in [0.25, 0.3) is 5.91 Å². The Bertz CT molecular complexity index is 1320. The Kier molecular flexibility index (Phi) is 6.86. The normalized spacial score (nSPS) is 21.2. The molecule has 2 aliphatic rings. The molecule has 0 saturated carbocycles. The molecule has 5 rings (SSSR count). The van der Waals surface area contributed by atoms with Crippen LogP contribution in [-0.2, 0) is 15.1 Å². The van der Waals surface area contributed by atoms with Crippen LogP contribution in [-0.4, -0.2) is 71.2 Å². The van der Waals surface area contributed by atoms with Crippen molar-refractivity contribution in [2.45, 2.75) is 45.1 Å². The van der Waals surface area contributed by atoms with Crippen LogP contribution in [0.25, 0.3) is 10.9 Å². The Balaban J connectivity index is 1.66. The number of nitrogens with one attached hydrogen (secondary N) is 1.